The SMILES string of the molecule is CCCCCC/C=C/CCCCCCCCOC(=O)c1ccccc1C(=O)O. The van der Waals surface area contributed by atoms with Gasteiger partial charge in [-0.05, 0) is 44.2 Å². The van der Waals surface area contributed by atoms with Crippen LogP contribution >= 0.6 is 0 Å². The molecule has 1 rings (SSSR count). The van der Waals surface area contributed by atoms with Crippen molar-refractivity contribution in [2.45, 2.75) is 84.0 Å². The zero-order chi connectivity index (χ0) is 20.5. The Morgan fingerprint density at radius 1 is 0.821 bits per heavy atom. The quantitative estimate of drug-likeness (QED) is 0.192. The highest BCUT2D eigenvalue weighted by molar-refractivity contribution is 6.02. The van der Waals surface area contributed by atoms with Gasteiger partial charge in [-0.25, -0.2) is 9.59 Å². The molecule has 4 heteroatoms. The Kier molecular flexibility index (Phi) is 13.6. The molecule has 0 aliphatic heterocycles. The summed E-state index contributed by atoms with van der Waals surface area (Å²) in [5, 5.41) is 9.11. The summed E-state index contributed by atoms with van der Waals surface area (Å²) in [7, 11) is 0. The summed E-state index contributed by atoms with van der Waals surface area (Å²) >= 11 is 0. The third-order valence-corrected chi connectivity index (χ3v) is 4.77. The number of rotatable bonds is 16. The van der Waals surface area contributed by atoms with Gasteiger partial charge in [-0.1, -0.05) is 76.2 Å². The molecule has 1 N–H and O–H groups in total. The summed E-state index contributed by atoms with van der Waals surface area (Å²) in [6.45, 7) is 2.58. The number of carbonyl (C=O) groups excluding carboxylic acids is 1. The Hall–Kier alpha value is -2.10. The van der Waals surface area contributed by atoms with Crippen LogP contribution in [-0.4, -0.2) is 23.7 Å². The van der Waals surface area contributed by atoms with Crippen LogP contribution < -0.4 is 0 Å². The average molecular weight is 389 g/mol. The van der Waals surface area contributed by atoms with Crippen molar-refractivity contribution in [3.63, 3.8) is 0 Å². The van der Waals surface area contributed by atoms with E-state index in [4.69, 9.17) is 9.84 Å². The first-order valence-electron chi connectivity index (χ1n) is 10.8. The lowest BCUT2D eigenvalue weighted by Crippen LogP contribution is -2.12. The van der Waals surface area contributed by atoms with Crippen LogP contribution in [0.2, 0.25) is 0 Å². The fourth-order valence-electron chi connectivity index (χ4n) is 3.09. The van der Waals surface area contributed by atoms with Gasteiger partial charge in [-0.2, -0.15) is 0 Å². The topological polar surface area (TPSA) is 63.6 Å². The normalized spacial score (nSPS) is 11.0. The summed E-state index contributed by atoms with van der Waals surface area (Å²) in [6, 6.07) is 6.15. The first-order chi connectivity index (χ1) is 13.7. The molecule has 1 aromatic rings. The predicted molar refractivity (Wildman–Crippen MR) is 114 cm³/mol. The number of unbranched alkanes of at least 4 members (excludes halogenated alkanes) is 10. The van der Waals surface area contributed by atoms with E-state index < -0.39 is 11.9 Å². The highest BCUT2D eigenvalue weighted by atomic mass is 16.5. The molecule has 156 valence electrons. The second-order valence-corrected chi connectivity index (χ2v) is 7.22. The third kappa shape index (κ3) is 10.9. The molecule has 0 atom stereocenters. The molecule has 0 fully saturated rings. The number of aromatic carboxylic acids is 1. The molecule has 0 saturated heterocycles. The fourth-order valence-corrected chi connectivity index (χ4v) is 3.09. The van der Waals surface area contributed by atoms with Crippen molar-refractivity contribution in [1.29, 1.82) is 0 Å². The standard InChI is InChI=1S/C24H36O4/c1-2-3-4-5-6-7-8-9-10-11-12-13-14-17-20-28-24(27)22-19-16-15-18-21(22)23(25)26/h7-8,15-16,18-19H,2-6,9-14,17,20H2,1H3,(H,25,26)/b8-7+. The van der Waals surface area contributed by atoms with Crippen LogP contribution in [0.25, 0.3) is 0 Å². The minimum absolute atomic E-state index is 0.0116. The van der Waals surface area contributed by atoms with E-state index in [1.807, 2.05) is 0 Å². The van der Waals surface area contributed by atoms with Gasteiger partial charge in [0.25, 0.3) is 0 Å². The average Bonchev–Trinajstić information content (AvgIpc) is 2.70. The number of allylic oxidation sites excluding steroid dienone is 2. The highest BCUT2D eigenvalue weighted by Crippen LogP contribution is 2.12. The zero-order valence-corrected chi connectivity index (χ0v) is 17.3. The molecule has 0 radical (unpaired) electrons. The summed E-state index contributed by atoms with van der Waals surface area (Å²) in [4.78, 5) is 23.1. The summed E-state index contributed by atoms with van der Waals surface area (Å²) < 4.78 is 5.21. The summed E-state index contributed by atoms with van der Waals surface area (Å²) in [5.41, 5.74) is 0.107. The first kappa shape index (κ1) is 23.9. The third-order valence-electron chi connectivity index (χ3n) is 4.77. The van der Waals surface area contributed by atoms with Crippen LogP contribution in [0.4, 0.5) is 0 Å². The smallest absolute Gasteiger partial charge is 0.339 e. The lowest BCUT2D eigenvalue weighted by Gasteiger charge is -2.07. The predicted octanol–water partition coefficient (Wildman–Crippen LogP) is 6.80. The molecule has 28 heavy (non-hydrogen) atoms. The molecule has 0 aliphatic rings. The fraction of sp³-hybridized carbons (Fsp3) is 0.583. The van der Waals surface area contributed by atoms with Gasteiger partial charge in [0.1, 0.15) is 0 Å². The maximum absolute atomic E-state index is 12.0. The highest BCUT2D eigenvalue weighted by Gasteiger charge is 2.16. The number of esters is 1. The van der Waals surface area contributed by atoms with Crippen LogP contribution in [0, 0.1) is 0 Å². The molecule has 0 amide bonds. The van der Waals surface area contributed by atoms with E-state index >= 15 is 0 Å². The van der Waals surface area contributed by atoms with E-state index in [0.29, 0.717) is 6.61 Å². The Morgan fingerprint density at radius 2 is 1.36 bits per heavy atom. The monoisotopic (exact) mass is 388 g/mol. The molecule has 1 aromatic carbocycles. The molecule has 4 nitrogen and oxygen atoms in total. The van der Waals surface area contributed by atoms with Crippen LogP contribution in [0.15, 0.2) is 36.4 Å². The van der Waals surface area contributed by atoms with Gasteiger partial charge in [0, 0.05) is 0 Å². The van der Waals surface area contributed by atoms with Crippen molar-refractivity contribution in [2.24, 2.45) is 0 Å². The van der Waals surface area contributed by atoms with Gasteiger partial charge >= 0.3 is 11.9 Å². The Balaban J connectivity index is 1.99. The Bertz CT molecular complexity index is 592. The van der Waals surface area contributed by atoms with Crippen LogP contribution in [0.3, 0.4) is 0 Å². The van der Waals surface area contributed by atoms with E-state index in [2.05, 4.69) is 19.1 Å². The summed E-state index contributed by atoms with van der Waals surface area (Å²) in [6.07, 6.45) is 19.0. The van der Waals surface area contributed by atoms with Gasteiger partial charge in [0.05, 0.1) is 17.7 Å². The lowest BCUT2D eigenvalue weighted by molar-refractivity contribution is 0.0487. The molecule has 0 saturated carbocycles. The molecular formula is C24H36O4. The second kappa shape index (κ2) is 15.9. The van der Waals surface area contributed by atoms with Crippen molar-refractivity contribution < 1.29 is 19.4 Å². The molecule has 0 heterocycles. The Labute approximate surface area is 170 Å². The van der Waals surface area contributed by atoms with E-state index in [9.17, 15) is 9.59 Å². The summed E-state index contributed by atoms with van der Waals surface area (Å²) in [5.74, 6) is -1.67. The number of carboxylic acid groups (broad SMARTS) is 1. The number of ether oxygens (including phenoxy) is 1. The minimum Gasteiger partial charge on any atom is -0.478 e. The van der Waals surface area contributed by atoms with Crippen molar-refractivity contribution in [3.05, 3.63) is 47.5 Å². The minimum atomic E-state index is -1.11. The maximum Gasteiger partial charge on any atom is 0.339 e. The largest absolute Gasteiger partial charge is 0.478 e. The van der Waals surface area contributed by atoms with E-state index in [1.54, 1.807) is 12.1 Å². The zero-order valence-electron chi connectivity index (χ0n) is 17.3. The molecular weight excluding hydrogens is 352 g/mol. The number of benzene rings is 1. The molecule has 0 aromatic heterocycles. The maximum atomic E-state index is 12.0. The number of hydrogen-bond donors (Lipinski definition) is 1. The second-order valence-electron chi connectivity index (χ2n) is 7.22. The number of carboxylic acids is 1. The van der Waals surface area contributed by atoms with E-state index in [0.717, 1.165) is 19.3 Å². The van der Waals surface area contributed by atoms with Gasteiger partial charge in [0.15, 0.2) is 0 Å². The molecule has 0 aliphatic carbocycles. The van der Waals surface area contributed by atoms with Gasteiger partial charge in [0.2, 0.25) is 0 Å². The van der Waals surface area contributed by atoms with Crippen LogP contribution in [-0.2, 0) is 4.74 Å². The lowest BCUT2D eigenvalue weighted by atomic mass is 10.1. The van der Waals surface area contributed by atoms with Gasteiger partial charge < -0.3 is 9.84 Å². The van der Waals surface area contributed by atoms with Gasteiger partial charge in [-0.15, -0.1) is 0 Å². The molecule has 0 unspecified atom stereocenters. The number of hydrogen-bond acceptors (Lipinski definition) is 3. The van der Waals surface area contributed by atoms with E-state index in [1.165, 1.54) is 69.9 Å². The van der Waals surface area contributed by atoms with Crippen molar-refractivity contribution in [1.82, 2.24) is 0 Å². The molecule has 0 bridgehead atoms. The van der Waals surface area contributed by atoms with Crippen molar-refractivity contribution in [3.8, 4) is 0 Å². The van der Waals surface area contributed by atoms with Crippen LogP contribution in [0.1, 0.15) is 105 Å². The van der Waals surface area contributed by atoms with E-state index in [-0.39, 0.29) is 11.1 Å². The number of carbonyl (C=O) groups is 2. The first-order valence-corrected chi connectivity index (χ1v) is 10.8. The van der Waals surface area contributed by atoms with Gasteiger partial charge in [-0.3, -0.25) is 0 Å². The Morgan fingerprint density at radius 3 is 1.96 bits per heavy atom. The van der Waals surface area contributed by atoms with Crippen LogP contribution in [0.5, 0.6) is 0 Å². The molecule has 0 spiro atoms. The van der Waals surface area contributed by atoms with Crippen molar-refractivity contribution in [2.75, 3.05) is 6.61 Å². The van der Waals surface area contributed by atoms with Crippen molar-refractivity contribution >= 4 is 11.9 Å².